The van der Waals surface area contributed by atoms with E-state index in [0.29, 0.717) is 17.6 Å². The Kier molecular flexibility index (Phi) is 10.7. The van der Waals surface area contributed by atoms with Gasteiger partial charge in [-0.25, -0.2) is 4.57 Å². The lowest BCUT2D eigenvalue weighted by molar-refractivity contribution is -0.870. The Bertz CT molecular complexity index is 308. The first-order valence-corrected chi connectivity index (χ1v) is 8.84. The van der Waals surface area contributed by atoms with Crippen molar-refractivity contribution in [2.75, 3.05) is 54.1 Å². The maximum Gasteiger partial charge on any atom is 0.472 e. The van der Waals surface area contributed by atoms with Gasteiger partial charge in [-0.2, -0.15) is 0 Å². The van der Waals surface area contributed by atoms with E-state index in [4.69, 9.17) is 13.8 Å². The normalized spacial score (nSPS) is 16.7. The van der Waals surface area contributed by atoms with Gasteiger partial charge in [0.1, 0.15) is 19.3 Å². The van der Waals surface area contributed by atoms with Crippen molar-refractivity contribution in [2.45, 2.75) is 32.3 Å². The molecule has 0 aromatic rings. The van der Waals surface area contributed by atoms with Crippen LogP contribution >= 0.6 is 7.82 Å². The van der Waals surface area contributed by atoms with E-state index in [2.05, 4.69) is 6.92 Å². The quantitative estimate of drug-likeness (QED) is 0.302. The molecule has 0 amide bonds. The number of unbranched alkanes of at least 4 members (excludes halogenated alkanes) is 2. The predicted molar refractivity (Wildman–Crippen MR) is 81.0 cm³/mol. The van der Waals surface area contributed by atoms with Gasteiger partial charge < -0.3 is 19.2 Å². The van der Waals surface area contributed by atoms with Crippen LogP contribution in [-0.2, 0) is 18.3 Å². The van der Waals surface area contributed by atoms with Gasteiger partial charge in [0.25, 0.3) is 0 Å². The molecule has 8 heteroatoms. The van der Waals surface area contributed by atoms with E-state index in [1.807, 2.05) is 21.1 Å². The number of rotatable bonds is 13. The highest BCUT2D eigenvalue weighted by atomic mass is 31.2. The molecular weight excluding hydrogens is 297 g/mol. The van der Waals surface area contributed by atoms with Crippen LogP contribution in [0.25, 0.3) is 0 Å². The van der Waals surface area contributed by atoms with Gasteiger partial charge in [0.15, 0.2) is 0 Å². The molecule has 0 rings (SSSR count). The molecule has 0 aromatic carbocycles. The first kappa shape index (κ1) is 21.0. The standard InChI is InChI=1S/C13H30NO6P/c1-5-6-7-9-18-11-13(15)12-20-21(16,17)19-10-8-14(2,3)4/h13,15H,5-12H2,1-4H3/p+1. The van der Waals surface area contributed by atoms with Crippen LogP contribution in [0.5, 0.6) is 0 Å². The highest BCUT2D eigenvalue weighted by Crippen LogP contribution is 2.43. The number of phosphoric ester groups is 1. The average Bonchev–Trinajstić information content (AvgIpc) is 2.34. The average molecular weight is 328 g/mol. The fourth-order valence-corrected chi connectivity index (χ4v) is 2.12. The monoisotopic (exact) mass is 328 g/mol. The summed E-state index contributed by atoms with van der Waals surface area (Å²) in [7, 11) is 1.74. The molecule has 2 unspecified atom stereocenters. The molecule has 0 saturated carbocycles. The van der Waals surface area contributed by atoms with E-state index in [-0.39, 0.29) is 19.8 Å². The van der Waals surface area contributed by atoms with Crippen LogP contribution in [0.1, 0.15) is 26.2 Å². The van der Waals surface area contributed by atoms with Gasteiger partial charge >= 0.3 is 7.82 Å². The van der Waals surface area contributed by atoms with E-state index < -0.39 is 13.9 Å². The predicted octanol–water partition coefficient (Wildman–Crippen LogP) is 1.39. The first-order chi connectivity index (χ1) is 9.66. The van der Waals surface area contributed by atoms with E-state index in [0.717, 1.165) is 19.3 Å². The molecule has 7 nitrogen and oxygen atoms in total. The summed E-state index contributed by atoms with van der Waals surface area (Å²) < 4.78 is 27.0. The summed E-state index contributed by atoms with van der Waals surface area (Å²) in [6, 6.07) is 0. The second-order valence-electron chi connectivity index (χ2n) is 6.05. The fraction of sp³-hybridized carbons (Fsp3) is 1.00. The number of likely N-dealkylation sites (N-methyl/N-ethyl adjacent to an activating group) is 1. The van der Waals surface area contributed by atoms with Crippen molar-refractivity contribution >= 4 is 7.82 Å². The summed E-state index contributed by atoms with van der Waals surface area (Å²) in [6.07, 6.45) is 2.19. The Balaban J connectivity index is 3.73. The van der Waals surface area contributed by atoms with Crippen molar-refractivity contribution in [2.24, 2.45) is 0 Å². The molecule has 128 valence electrons. The summed E-state index contributed by atoms with van der Waals surface area (Å²) >= 11 is 0. The number of aliphatic hydroxyl groups is 1. The molecule has 0 aromatic heterocycles. The van der Waals surface area contributed by atoms with Crippen molar-refractivity contribution in [3.8, 4) is 0 Å². The molecule has 0 radical (unpaired) electrons. The van der Waals surface area contributed by atoms with Crippen molar-refractivity contribution < 1.29 is 32.8 Å². The van der Waals surface area contributed by atoms with Crippen molar-refractivity contribution in [3.63, 3.8) is 0 Å². The highest BCUT2D eigenvalue weighted by Gasteiger charge is 2.23. The number of aliphatic hydroxyl groups excluding tert-OH is 1. The van der Waals surface area contributed by atoms with Crippen molar-refractivity contribution in [3.05, 3.63) is 0 Å². The molecule has 0 bridgehead atoms. The molecule has 2 atom stereocenters. The maximum absolute atomic E-state index is 11.6. The Morgan fingerprint density at radius 1 is 1.10 bits per heavy atom. The number of ether oxygens (including phenoxy) is 1. The smallest absolute Gasteiger partial charge is 0.388 e. The van der Waals surface area contributed by atoms with Gasteiger partial charge in [0, 0.05) is 6.61 Å². The van der Waals surface area contributed by atoms with Crippen LogP contribution in [0.2, 0.25) is 0 Å². The van der Waals surface area contributed by atoms with Gasteiger partial charge in [0.05, 0.1) is 34.4 Å². The molecule has 0 aliphatic rings. The van der Waals surface area contributed by atoms with Crippen LogP contribution in [0.15, 0.2) is 0 Å². The number of hydrogen-bond acceptors (Lipinski definition) is 5. The summed E-state index contributed by atoms with van der Waals surface area (Å²) in [4.78, 5) is 9.45. The summed E-state index contributed by atoms with van der Waals surface area (Å²) in [5.74, 6) is 0. The molecule has 0 saturated heterocycles. The van der Waals surface area contributed by atoms with Gasteiger partial charge in [-0.3, -0.25) is 9.05 Å². The van der Waals surface area contributed by atoms with Crippen molar-refractivity contribution in [1.29, 1.82) is 0 Å². The minimum absolute atomic E-state index is 0.0859. The molecule has 0 fully saturated rings. The third kappa shape index (κ3) is 14.7. The van der Waals surface area contributed by atoms with Crippen LogP contribution in [0.4, 0.5) is 0 Å². The van der Waals surface area contributed by atoms with E-state index in [1.165, 1.54) is 0 Å². The Labute approximate surface area is 128 Å². The molecule has 0 heterocycles. The Morgan fingerprint density at radius 3 is 2.33 bits per heavy atom. The Hall–Kier alpha value is -0.0100. The zero-order valence-corrected chi connectivity index (χ0v) is 14.6. The summed E-state index contributed by atoms with van der Waals surface area (Å²) in [6.45, 7) is 3.16. The molecule has 0 aliphatic heterocycles. The number of hydrogen-bond donors (Lipinski definition) is 2. The number of phosphoric acid groups is 1. The lowest BCUT2D eigenvalue weighted by atomic mass is 10.3. The van der Waals surface area contributed by atoms with Crippen molar-refractivity contribution in [1.82, 2.24) is 0 Å². The summed E-state index contributed by atoms with van der Waals surface area (Å²) in [5, 5.41) is 9.58. The molecule has 2 N–H and O–H groups in total. The minimum atomic E-state index is -4.11. The van der Waals surface area contributed by atoms with E-state index in [9.17, 15) is 14.6 Å². The van der Waals surface area contributed by atoms with E-state index >= 15 is 0 Å². The lowest BCUT2D eigenvalue weighted by Crippen LogP contribution is -2.37. The first-order valence-electron chi connectivity index (χ1n) is 7.34. The van der Waals surface area contributed by atoms with E-state index in [1.54, 1.807) is 0 Å². The largest absolute Gasteiger partial charge is 0.472 e. The third-order valence-electron chi connectivity index (χ3n) is 2.65. The Morgan fingerprint density at radius 2 is 1.76 bits per heavy atom. The number of nitrogens with zero attached hydrogens (tertiary/aromatic N) is 1. The van der Waals surface area contributed by atoms with Gasteiger partial charge in [-0.05, 0) is 6.42 Å². The third-order valence-corrected chi connectivity index (χ3v) is 3.63. The second kappa shape index (κ2) is 10.7. The minimum Gasteiger partial charge on any atom is -0.388 e. The number of quaternary nitrogens is 1. The highest BCUT2D eigenvalue weighted by molar-refractivity contribution is 7.47. The fourth-order valence-electron chi connectivity index (χ4n) is 1.37. The molecule has 21 heavy (non-hydrogen) atoms. The zero-order valence-electron chi connectivity index (χ0n) is 13.7. The summed E-state index contributed by atoms with van der Waals surface area (Å²) in [5.41, 5.74) is 0. The molecule has 0 aliphatic carbocycles. The van der Waals surface area contributed by atoms with Gasteiger partial charge in [-0.15, -0.1) is 0 Å². The van der Waals surface area contributed by atoms with Crippen LogP contribution in [0, 0.1) is 0 Å². The SMILES string of the molecule is CCCCCOCC(O)COP(=O)(O)OCC[N+](C)(C)C. The topological polar surface area (TPSA) is 85.2 Å². The maximum atomic E-state index is 11.6. The second-order valence-corrected chi connectivity index (χ2v) is 7.50. The zero-order chi connectivity index (χ0) is 16.4. The van der Waals surface area contributed by atoms with Crippen LogP contribution < -0.4 is 0 Å². The lowest BCUT2D eigenvalue weighted by Gasteiger charge is -2.24. The molecular formula is C13H31NO6P+. The van der Waals surface area contributed by atoms with Crippen LogP contribution in [0.3, 0.4) is 0 Å². The van der Waals surface area contributed by atoms with Gasteiger partial charge in [-0.1, -0.05) is 19.8 Å². The van der Waals surface area contributed by atoms with Crippen LogP contribution in [-0.4, -0.2) is 74.7 Å². The van der Waals surface area contributed by atoms with Gasteiger partial charge in [0.2, 0.25) is 0 Å². The molecule has 0 spiro atoms.